The number of carboxylic acid groups (broad SMARTS) is 1. The van der Waals surface area contributed by atoms with Crippen LogP contribution in [0.2, 0.25) is 0 Å². The molecule has 2 N–H and O–H groups in total. The van der Waals surface area contributed by atoms with E-state index in [0.29, 0.717) is 0 Å². The second-order valence-corrected chi connectivity index (χ2v) is 4.15. The molecule has 0 aliphatic rings. The van der Waals surface area contributed by atoms with E-state index in [0.717, 1.165) is 17.7 Å². The van der Waals surface area contributed by atoms with E-state index in [9.17, 15) is 14.7 Å². The molecule has 0 fully saturated rings. The van der Waals surface area contributed by atoms with Gasteiger partial charge < -0.3 is 14.9 Å². The monoisotopic (exact) mass is 284 g/mol. The smallest absolute Gasteiger partial charge is 0.339 e. The number of carbonyl (C=O) groups excluding carboxylic acids is 1. The van der Waals surface area contributed by atoms with Crippen molar-refractivity contribution < 1.29 is 24.5 Å². The third kappa shape index (κ3) is 3.94. The first-order valence-electron chi connectivity index (χ1n) is 6.07. The van der Waals surface area contributed by atoms with E-state index in [1.807, 2.05) is 30.3 Å². The summed E-state index contributed by atoms with van der Waals surface area (Å²) >= 11 is 0. The molecular weight excluding hydrogens is 272 g/mol. The highest BCUT2D eigenvalue weighted by molar-refractivity contribution is 5.92. The molecule has 21 heavy (non-hydrogen) atoms. The van der Waals surface area contributed by atoms with Crippen LogP contribution in [0.25, 0.3) is 6.08 Å². The van der Waals surface area contributed by atoms with Gasteiger partial charge in [0.15, 0.2) is 0 Å². The van der Waals surface area contributed by atoms with Crippen LogP contribution >= 0.6 is 0 Å². The van der Waals surface area contributed by atoms with Crippen molar-refractivity contribution in [3.8, 4) is 11.5 Å². The molecule has 0 aromatic heterocycles. The third-order valence-electron chi connectivity index (χ3n) is 2.63. The van der Waals surface area contributed by atoms with Gasteiger partial charge in [-0.15, -0.1) is 0 Å². The average Bonchev–Trinajstić information content (AvgIpc) is 2.48. The number of benzene rings is 2. The number of carbonyl (C=O) groups is 2. The van der Waals surface area contributed by atoms with E-state index in [1.54, 1.807) is 6.08 Å². The number of rotatable bonds is 4. The van der Waals surface area contributed by atoms with Gasteiger partial charge in [0.05, 0.1) is 0 Å². The highest BCUT2D eigenvalue weighted by atomic mass is 16.5. The minimum Gasteiger partial charge on any atom is -0.507 e. The molecule has 0 heterocycles. The molecule has 0 radical (unpaired) electrons. The van der Waals surface area contributed by atoms with Crippen molar-refractivity contribution in [2.24, 2.45) is 0 Å². The van der Waals surface area contributed by atoms with Crippen LogP contribution in [0.4, 0.5) is 0 Å². The number of aromatic hydroxyl groups is 1. The van der Waals surface area contributed by atoms with Gasteiger partial charge in [0.25, 0.3) is 0 Å². The Morgan fingerprint density at radius 2 is 1.76 bits per heavy atom. The maximum absolute atomic E-state index is 11.6. The van der Waals surface area contributed by atoms with Crippen LogP contribution in [-0.2, 0) is 4.79 Å². The first-order chi connectivity index (χ1) is 10.1. The van der Waals surface area contributed by atoms with E-state index in [1.165, 1.54) is 12.1 Å². The maximum atomic E-state index is 11.6. The predicted octanol–water partition coefficient (Wildman–Crippen LogP) is 2.71. The molecule has 0 aliphatic heterocycles. The van der Waals surface area contributed by atoms with Crippen LogP contribution in [0.5, 0.6) is 11.5 Å². The molecule has 2 aromatic carbocycles. The standard InChI is InChI=1S/C16H12O5/c17-14-8-7-12(10-13(14)16(19)20)21-15(18)9-6-11-4-2-1-3-5-11/h1-10,17H,(H,19,20)/b9-6+. The van der Waals surface area contributed by atoms with Crippen molar-refractivity contribution in [2.75, 3.05) is 0 Å². The molecule has 0 atom stereocenters. The highest BCUT2D eigenvalue weighted by Gasteiger charge is 2.11. The topological polar surface area (TPSA) is 83.8 Å². The fraction of sp³-hybridized carbons (Fsp3) is 0. The molecule has 2 rings (SSSR count). The summed E-state index contributed by atoms with van der Waals surface area (Å²) in [6, 6.07) is 12.8. The molecule has 0 saturated heterocycles. The Hall–Kier alpha value is -3.08. The summed E-state index contributed by atoms with van der Waals surface area (Å²) in [4.78, 5) is 22.5. The minimum absolute atomic E-state index is 0.0490. The van der Waals surface area contributed by atoms with Crippen LogP contribution in [0.1, 0.15) is 15.9 Å². The SMILES string of the molecule is O=C(/C=C/c1ccccc1)Oc1ccc(O)c(C(=O)O)c1. The lowest BCUT2D eigenvalue weighted by atomic mass is 10.2. The first kappa shape index (κ1) is 14.3. The van der Waals surface area contributed by atoms with Crippen molar-refractivity contribution in [1.29, 1.82) is 0 Å². The zero-order chi connectivity index (χ0) is 15.2. The van der Waals surface area contributed by atoms with Gasteiger partial charge >= 0.3 is 11.9 Å². The van der Waals surface area contributed by atoms with Gasteiger partial charge in [0.2, 0.25) is 0 Å². The van der Waals surface area contributed by atoms with E-state index < -0.39 is 11.9 Å². The Morgan fingerprint density at radius 3 is 2.43 bits per heavy atom. The van der Waals surface area contributed by atoms with Gasteiger partial charge in [-0.3, -0.25) is 0 Å². The molecule has 5 nitrogen and oxygen atoms in total. The molecular formula is C16H12O5. The number of aromatic carboxylic acids is 1. The summed E-state index contributed by atoms with van der Waals surface area (Å²) < 4.78 is 4.98. The summed E-state index contributed by atoms with van der Waals surface area (Å²) in [5, 5.41) is 18.2. The fourth-order valence-corrected chi connectivity index (χ4v) is 1.63. The second kappa shape index (κ2) is 6.38. The Kier molecular flexibility index (Phi) is 4.36. The van der Waals surface area contributed by atoms with Gasteiger partial charge in [0, 0.05) is 6.08 Å². The average molecular weight is 284 g/mol. The molecule has 5 heteroatoms. The first-order valence-corrected chi connectivity index (χ1v) is 6.07. The molecule has 0 bridgehead atoms. The predicted molar refractivity (Wildman–Crippen MR) is 76.2 cm³/mol. The zero-order valence-corrected chi connectivity index (χ0v) is 10.9. The Balaban J connectivity index is 2.08. The summed E-state index contributed by atoms with van der Waals surface area (Å²) in [5.41, 5.74) is 0.513. The Bertz CT molecular complexity index is 689. The van der Waals surface area contributed by atoms with E-state index >= 15 is 0 Å². The number of carboxylic acids is 1. The quantitative estimate of drug-likeness (QED) is 0.512. The summed E-state index contributed by atoms with van der Waals surface area (Å²) in [6.07, 6.45) is 2.82. The summed E-state index contributed by atoms with van der Waals surface area (Å²) in [5.74, 6) is -2.28. The van der Waals surface area contributed by atoms with Crippen molar-refractivity contribution in [3.05, 3.63) is 65.7 Å². The maximum Gasteiger partial charge on any atom is 0.339 e. The molecule has 0 spiro atoms. The molecule has 2 aromatic rings. The largest absolute Gasteiger partial charge is 0.507 e. The number of phenols is 1. The molecule has 106 valence electrons. The number of hydrogen-bond acceptors (Lipinski definition) is 4. The van der Waals surface area contributed by atoms with Gasteiger partial charge in [0.1, 0.15) is 17.1 Å². The van der Waals surface area contributed by atoms with E-state index in [4.69, 9.17) is 9.84 Å². The van der Waals surface area contributed by atoms with Gasteiger partial charge in [-0.1, -0.05) is 30.3 Å². The van der Waals surface area contributed by atoms with Crippen LogP contribution < -0.4 is 4.74 Å². The van der Waals surface area contributed by atoms with E-state index in [-0.39, 0.29) is 17.1 Å². The van der Waals surface area contributed by atoms with Crippen LogP contribution in [-0.4, -0.2) is 22.2 Å². The molecule has 0 saturated carbocycles. The normalized spacial score (nSPS) is 10.5. The van der Waals surface area contributed by atoms with Crippen molar-refractivity contribution in [1.82, 2.24) is 0 Å². The third-order valence-corrected chi connectivity index (χ3v) is 2.63. The van der Waals surface area contributed by atoms with Crippen LogP contribution in [0.3, 0.4) is 0 Å². The number of hydrogen-bond donors (Lipinski definition) is 2. The number of esters is 1. The van der Waals surface area contributed by atoms with Gasteiger partial charge in [-0.2, -0.15) is 0 Å². The van der Waals surface area contributed by atoms with E-state index in [2.05, 4.69) is 0 Å². The second-order valence-electron chi connectivity index (χ2n) is 4.15. The minimum atomic E-state index is -1.30. The Morgan fingerprint density at radius 1 is 1.05 bits per heavy atom. The molecule has 0 unspecified atom stereocenters. The van der Waals surface area contributed by atoms with Crippen molar-refractivity contribution in [2.45, 2.75) is 0 Å². The lowest BCUT2D eigenvalue weighted by Crippen LogP contribution is -2.05. The Labute approximate surface area is 120 Å². The fourth-order valence-electron chi connectivity index (χ4n) is 1.63. The van der Waals surface area contributed by atoms with Crippen LogP contribution in [0.15, 0.2) is 54.6 Å². The molecule has 0 amide bonds. The summed E-state index contributed by atoms with van der Waals surface area (Å²) in [7, 11) is 0. The van der Waals surface area contributed by atoms with Gasteiger partial charge in [-0.05, 0) is 29.8 Å². The van der Waals surface area contributed by atoms with Crippen molar-refractivity contribution in [3.63, 3.8) is 0 Å². The lowest BCUT2D eigenvalue weighted by molar-refractivity contribution is -0.128. The lowest BCUT2D eigenvalue weighted by Gasteiger charge is -2.04. The van der Waals surface area contributed by atoms with Crippen LogP contribution in [0, 0.1) is 0 Å². The summed E-state index contributed by atoms with van der Waals surface area (Å²) in [6.45, 7) is 0. The molecule has 0 aliphatic carbocycles. The zero-order valence-electron chi connectivity index (χ0n) is 10.9. The van der Waals surface area contributed by atoms with Gasteiger partial charge in [-0.25, -0.2) is 9.59 Å². The van der Waals surface area contributed by atoms with Crippen molar-refractivity contribution >= 4 is 18.0 Å². The number of ether oxygens (including phenoxy) is 1. The highest BCUT2D eigenvalue weighted by Crippen LogP contribution is 2.23.